The lowest BCUT2D eigenvalue weighted by Gasteiger charge is -2.12. The van der Waals surface area contributed by atoms with Gasteiger partial charge in [-0.25, -0.2) is 4.98 Å². The molecule has 56 heavy (non-hydrogen) atoms. The van der Waals surface area contributed by atoms with Crippen LogP contribution < -0.4 is 0 Å². The van der Waals surface area contributed by atoms with E-state index in [9.17, 15) is 0 Å². The maximum absolute atomic E-state index is 5.19. The Bertz CT molecular complexity index is 3160. The molecule has 262 valence electrons. The van der Waals surface area contributed by atoms with Gasteiger partial charge in [0, 0.05) is 44.9 Å². The molecule has 0 unspecified atom stereocenters. The Morgan fingerprint density at radius 2 is 0.929 bits per heavy atom. The van der Waals surface area contributed by atoms with Gasteiger partial charge in [0.1, 0.15) is 0 Å². The Morgan fingerprint density at radius 1 is 0.339 bits per heavy atom. The summed E-state index contributed by atoms with van der Waals surface area (Å²) >= 11 is 0. The number of benzene rings is 7. The molecule has 4 aromatic heterocycles. The lowest BCUT2D eigenvalue weighted by Crippen LogP contribution is -1.95. The predicted octanol–water partition coefficient (Wildman–Crippen LogP) is 13.3. The molecule has 0 fully saturated rings. The van der Waals surface area contributed by atoms with Crippen LogP contribution >= 0.6 is 0 Å². The summed E-state index contributed by atoms with van der Waals surface area (Å²) in [6, 6.07) is 71.2. The molecule has 0 radical (unpaired) electrons. The molecule has 0 aliphatic heterocycles. The van der Waals surface area contributed by atoms with Gasteiger partial charge < -0.3 is 9.13 Å². The molecular weight excluding hydrogens is 681 g/mol. The van der Waals surface area contributed by atoms with Crippen molar-refractivity contribution in [2.75, 3.05) is 0 Å². The fourth-order valence-electron chi connectivity index (χ4n) is 8.41. The molecule has 0 saturated carbocycles. The van der Waals surface area contributed by atoms with Crippen molar-refractivity contribution in [3.8, 4) is 56.1 Å². The largest absolute Gasteiger partial charge is 0.309 e. The summed E-state index contributed by atoms with van der Waals surface area (Å²) in [6.07, 6.45) is 1.88. The minimum absolute atomic E-state index is 0.944. The third kappa shape index (κ3) is 5.23. The number of hydrogen-bond donors (Lipinski definition) is 0. The molecule has 0 aliphatic carbocycles. The third-order valence-corrected chi connectivity index (χ3v) is 11.0. The summed E-state index contributed by atoms with van der Waals surface area (Å²) in [5, 5.41) is 3.59. The van der Waals surface area contributed by atoms with E-state index >= 15 is 0 Å². The molecule has 4 nitrogen and oxygen atoms in total. The van der Waals surface area contributed by atoms with Crippen molar-refractivity contribution in [3.63, 3.8) is 0 Å². The second kappa shape index (κ2) is 13.1. The molecule has 0 spiro atoms. The first-order valence-electron chi connectivity index (χ1n) is 19.0. The lowest BCUT2D eigenvalue weighted by atomic mass is 9.98. The number of fused-ring (bicyclic) bond motifs is 6. The number of rotatable bonds is 6. The van der Waals surface area contributed by atoms with Gasteiger partial charge in [0.15, 0.2) is 0 Å². The van der Waals surface area contributed by atoms with Crippen LogP contribution in [0.2, 0.25) is 0 Å². The maximum Gasteiger partial charge on any atom is 0.0963 e. The van der Waals surface area contributed by atoms with E-state index in [0.717, 1.165) is 66.9 Å². The van der Waals surface area contributed by atoms with Gasteiger partial charge in [-0.2, -0.15) is 0 Å². The van der Waals surface area contributed by atoms with Crippen molar-refractivity contribution >= 4 is 43.7 Å². The summed E-state index contributed by atoms with van der Waals surface area (Å²) < 4.78 is 4.73. The second-order valence-electron chi connectivity index (χ2n) is 14.2. The summed E-state index contributed by atoms with van der Waals surface area (Å²) in [7, 11) is 0. The number of pyridine rings is 2. The van der Waals surface area contributed by atoms with Crippen molar-refractivity contribution in [2.45, 2.75) is 0 Å². The molecule has 7 aromatic carbocycles. The van der Waals surface area contributed by atoms with E-state index in [-0.39, 0.29) is 0 Å². The van der Waals surface area contributed by atoms with Crippen LogP contribution in [0.15, 0.2) is 206 Å². The molecular formula is C52H34N4. The van der Waals surface area contributed by atoms with Crippen LogP contribution in [-0.2, 0) is 0 Å². The van der Waals surface area contributed by atoms with Crippen LogP contribution in [-0.4, -0.2) is 19.1 Å². The minimum Gasteiger partial charge on any atom is -0.309 e. The van der Waals surface area contributed by atoms with Crippen LogP contribution in [0.5, 0.6) is 0 Å². The maximum atomic E-state index is 5.19. The van der Waals surface area contributed by atoms with Crippen molar-refractivity contribution in [1.82, 2.24) is 19.1 Å². The Hall–Kier alpha value is -7.56. The Kier molecular flexibility index (Phi) is 7.46. The van der Waals surface area contributed by atoms with E-state index in [2.05, 4.69) is 197 Å². The molecule has 0 amide bonds. The van der Waals surface area contributed by atoms with Gasteiger partial charge in [0.05, 0.1) is 39.0 Å². The van der Waals surface area contributed by atoms with Crippen LogP contribution in [0, 0.1) is 0 Å². The van der Waals surface area contributed by atoms with E-state index in [1.807, 2.05) is 18.3 Å². The Labute approximate surface area is 324 Å². The van der Waals surface area contributed by atoms with Crippen molar-refractivity contribution < 1.29 is 0 Å². The van der Waals surface area contributed by atoms with Gasteiger partial charge in [-0.1, -0.05) is 127 Å². The van der Waals surface area contributed by atoms with Crippen molar-refractivity contribution in [1.29, 1.82) is 0 Å². The number of para-hydroxylation sites is 2. The molecule has 11 rings (SSSR count). The lowest BCUT2D eigenvalue weighted by molar-refractivity contribution is 1.17. The molecule has 0 atom stereocenters. The summed E-state index contributed by atoms with van der Waals surface area (Å²) in [5.41, 5.74) is 16.6. The van der Waals surface area contributed by atoms with Crippen LogP contribution in [0.1, 0.15) is 0 Å². The average Bonchev–Trinajstić information content (AvgIpc) is 3.80. The molecule has 11 aromatic rings. The first-order chi connectivity index (χ1) is 27.8. The molecule has 0 bridgehead atoms. The van der Waals surface area contributed by atoms with Crippen LogP contribution in [0.25, 0.3) is 99.9 Å². The highest BCUT2D eigenvalue weighted by Crippen LogP contribution is 2.41. The minimum atomic E-state index is 0.944. The molecule has 0 saturated heterocycles. The quantitative estimate of drug-likeness (QED) is 0.172. The van der Waals surface area contributed by atoms with E-state index in [1.54, 1.807) is 0 Å². The normalized spacial score (nSPS) is 11.6. The third-order valence-electron chi connectivity index (χ3n) is 11.0. The smallest absolute Gasteiger partial charge is 0.0963 e. The highest BCUT2D eigenvalue weighted by atomic mass is 15.0. The molecule has 0 N–H and O–H groups in total. The van der Waals surface area contributed by atoms with Gasteiger partial charge >= 0.3 is 0 Å². The van der Waals surface area contributed by atoms with E-state index < -0.39 is 0 Å². The second-order valence-corrected chi connectivity index (χ2v) is 14.2. The zero-order valence-corrected chi connectivity index (χ0v) is 30.4. The fraction of sp³-hybridized carbons (Fsp3) is 0. The Balaban J connectivity index is 1.06. The van der Waals surface area contributed by atoms with E-state index in [4.69, 9.17) is 9.97 Å². The topological polar surface area (TPSA) is 35.6 Å². The van der Waals surface area contributed by atoms with E-state index in [0.29, 0.717) is 0 Å². The van der Waals surface area contributed by atoms with Gasteiger partial charge in [0.2, 0.25) is 0 Å². The van der Waals surface area contributed by atoms with Gasteiger partial charge in [-0.15, -0.1) is 0 Å². The number of aromatic nitrogens is 4. The summed E-state index contributed by atoms with van der Waals surface area (Å²) in [6.45, 7) is 0. The fourth-order valence-corrected chi connectivity index (χ4v) is 8.41. The standard InChI is InChI=1S/C52H34N4/c1-4-14-35(15-5-1)39-32-45(36-16-6-2-7-17-36)54-46(33-39)37-25-28-41(29-26-37)55-47-22-11-10-20-43(47)51-42(21-12-23-48(51)55)38-27-30-44-50(34-38)56(40-18-8-3-9-19-40)49-24-13-31-53-52(44)49/h1-34H. The number of hydrogen-bond acceptors (Lipinski definition) is 2. The van der Waals surface area contributed by atoms with Gasteiger partial charge in [-0.3, -0.25) is 4.98 Å². The molecule has 0 aliphatic rings. The van der Waals surface area contributed by atoms with Crippen LogP contribution in [0.3, 0.4) is 0 Å². The molecule has 4 heteroatoms. The zero-order chi connectivity index (χ0) is 37.0. The Morgan fingerprint density at radius 3 is 1.70 bits per heavy atom. The first kappa shape index (κ1) is 31.9. The highest BCUT2D eigenvalue weighted by molar-refractivity contribution is 6.17. The van der Waals surface area contributed by atoms with Gasteiger partial charge in [0.25, 0.3) is 0 Å². The highest BCUT2D eigenvalue weighted by Gasteiger charge is 2.19. The zero-order valence-electron chi connectivity index (χ0n) is 30.4. The molecule has 4 heterocycles. The van der Waals surface area contributed by atoms with Crippen molar-refractivity contribution in [2.24, 2.45) is 0 Å². The summed E-state index contributed by atoms with van der Waals surface area (Å²) in [4.78, 5) is 10.0. The van der Waals surface area contributed by atoms with Crippen LogP contribution in [0.4, 0.5) is 0 Å². The first-order valence-corrected chi connectivity index (χ1v) is 19.0. The van der Waals surface area contributed by atoms with E-state index in [1.165, 1.54) is 33.0 Å². The monoisotopic (exact) mass is 714 g/mol. The number of nitrogens with zero attached hydrogens (tertiary/aromatic N) is 4. The predicted molar refractivity (Wildman–Crippen MR) is 232 cm³/mol. The average molecular weight is 715 g/mol. The van der Waals surface area contributed by atoms with Gasteiger partial charge in [-0.05, 0) is 95.1 Å². The summed E-state index contributed by atoms with van der Waals surface area (Å²) in [5.74, 6) is 0. The van der Waals surface area contributed by atoms with Crippen molar-refractivity contribution in [3.05, 3.63) is 206 Å². The SMILES string of the molecule is c1ccc(-c2cc(-c3ccccc3)nc(-c3ccc(-n4c5ccccc5c5c(-c6ccc7c8ncccc8n(-c8ccccc8)c7c6)cccc54)cc3)c2)cc1.